The molecule has 0 unspecified atom stereocenters. The van der Waals surface area contributed by atoms with Gasteiger partial charge in [0.05, 0.1) is 0 Å². The molecule has 1 aromatic carbocycles. The number of nitrogens with one attached hydrogen (secondary N) is 1. The fourth-order valence-corrected chi connectivity index (χ4v) is 2.90. The monoisotopic (exact) mass is 352 g/mol. The number of Topliss-reactive ketones (excluding diaryl/α,β-unsaturated/α-hetero) is 1. The second kappa shape index (κ2) is 7.00. The third kappa shape index (κ3) is 3.44. The number of aromatic nitrogens is 2. The molecule has 2 aromatic heterocycles. The van der Waals surface area contributed by atoms with Crippen LogP contribution >= 0.6 is 0 Å². The Morgan fingerprint density at radius 3 is 2.46 bits per heavy atom. The number of hydrogen-bond acceptors (Lipinski definition) is 5. The summed E-state index contributed by atoms with van der Waals surface area (Å²) in [6.07, 6.45) is 1.47. The quantitative estimate of drug-likeness (QED) is 0.550. The maximum atomic E-state index is 12.3. The van der Waals surface area contributed by atoms with Gasteiger partial charge in [0.25, 0.3) is 0 Å². The minimum atomic E-state index is -0.530. The first kappa shape index (κ1) is 17.7. The van der Waals surface area contributed by atoms with Crippen LogP contribution in [0.5, 0.6) is 0 Å². The molecule has 0 aliphatic carbocycles. The number of rotatable bonds is 5. The van der Waals surface area contributed by atoms with Crippen LogP contribution in [0.1, 0.15) is 50.3 Å². The molecule has 2 heterocycles. The molecule has 26 heavy (non-hydrogen) atoms. The van der Waals surface area contributed by atoms with E-state index < -0.39 is 5.97 Å². The smallest absolute Gasteiger partial charge is 0.355 e. The molecule has 1 N–H and O–H groups in total. The number of carbonyl (C=O) groups is 2. The normalized spacial score (nSPS) is 10.8. The molecule has 0 atom stereocenters. The van der Waals surface area contributed by atoms with Crippen molar-refractivity contribution in [3.05, 3.63) is 64.3 Å². The van der Waals surface area contributed by atoms with Crippen LogP contribution in [0.15, 0.2) is 34.9 Å². The van der Waals surface area contributed by atoms with Crippen molar-refractivity contribution < 1.29 is 18.7 Å². The molecule has 6 nitrogen and oxygen atoms in total. The third-order valence-corrected chi connectivity index (χ3v) is 4.20. The summed E-state index contributed by atoms with van der Waals surface area (Å²) in [4.78, 5) is 31.3. The van der Waals surface area contributed by atoms with Crippen LogP contribution in [0.4, 0.5) is 0 Å². The van der Waals surface area contributed by atoms with Gasteiger partial charge in [0.15, 0.2) is 5.78 Å². The summed E-state index contributed by atoms with van der Waals surface area (Å²) in [6.45, 7) is 6.95. The molecule has 134 valence electrons. The van der Waals surface area contributed by atoms with Crippen LogP contribution in [0.25, 0.3) is 11.5 Å². The zero-order chi connectivity index (χ0) is 18.8. The number of aromatic amines is 1. The third-order valence-electron chi connectivity index (χ3n) is 4.20. The molecule has 0 spiro atoms. The molecule has 6 heteroatoms. The SMILES string of the molecule is CC(=O)c1c(C)[nH]c(C(=O)OCc2coc(-c3ccc(C)cc3)n2)c1C. The molecule has 0 bridgehead atoms. The zero-order valence-corrected chi connectivity index (χ0v) is 15.2. The first-order valence-corrected chi connectivity index (χ1v) is 8.25. The molecule has 3 aromatic rings. The summed E-state index contributed by atoms with van der Waals surface area (Å²) in [5.41, 5.74) is 4.59. The Bertz CT molecular complexity index is 964. The maximum absolute atomic E-state index is 12.3. The number of esters is 1. The molecule has 0 aliphatic rings. The lowest BCUT2D eigenvalue weighted by Gasteiger charge is -2.02. The van der Waals surface area contributed by atoms with E-state index in [1.807, 2.05) is 31.2 Å². The Morgan fingerprint density at radius 2 is 1.85 bits per heavy atom. The number of nitrogens with zero attached hydrogens (tertiary/aromatic N) is 1. The first-order chi connectivity index (χ1) is 12.4. The van der Waals surface area contributed by atoms with Crippen molar-refractivity contribution in [3.8, 4) is 11.5 Å². The van der Waals surface area contributed by atoms with Crippen molar-refractivity contribution in [3.63, 3.8) is 0 Å². The van der Waals surface area contributed by atoms with E-state index in [1.54, 1.807) is 13.8 Å². The van der Waals surface area contributed by atoms with Crippen molar-refractivity contribution >= 4 is 11.8 Å². The summed E-state index contributed by atoms with van der Waals surface area (Å²) in [5.74, 6) is -0.144. The van der Waals surface area contributed by atoms with E-state index in [2.05, 4.69) is 9.97 Å². The average Bonchev–Trinajstić information content (AvgIpc) is 3.18. The number of hydrogen-bond donors (Lipinski definition) is 1. The topological polar surface area (TPSA) is 85.2 Å². The molecule has 0 radical (unpaired) electrons. The number of carbonyl (C=O) groups excluding carboxylic acids is 2. The highest BCUT2D eigenvalue weighted by Crippen LogP contribution is 2.21. The van der Waals surface area contributed by atoms with E-state index in [-0.39, 0.29) is 18.1 Å². The van der Waals surface area contributed by atoms with Crippen molar-refractivity contribution in [1.82, 2.24) is 9.97 Å². The zero-order valence-electron chi connectivity index (χ0n) is 15.2. The van der Waals surface area contributed by atoms with Gasteiger partial charge in [-0.05, 0) is 45.4 Å². The predicted molar refractivity (Wildman–Crippen MR) is 96.1 cm³/mol. The molecule has 0 amide bonds. The number of ether oxygens (including phenoxy) is 1. The highest BCUT2D eigenvalue weighted by molar-refractivity contribution is 6.01. The first-order valence-electron chi connectivity index (χ1n) is 8.25. The fraction of sp³-hybridized carbons (Fsp3) is 0.250. The van der Waals surface area contributed by atoms with Crippen LogP contribution in [-0.2, 0) is 11.3 Å². The lowest BCUT2D eigenvalue weighted by Crippen LogP contribution is -2.08. The Labute approximate surface area is 151 Å². The van der Waals surface area contributed by atoms with Crippen LogP contribution < -0.4 is 0 Å². The van der Waals surface area contributed by atoms with Crippen molar-refractivity contribution in [2.24, 2.45) is 0 Å². The van der Waals surface area contributed by atoms with E-state index in [0.29, 0.717) is 28.4 Å². The van der Waals surface area contributed by atoms with Gasteiger partial charge in [0.1, 0.15) is 24.3 Å². The maximum Gasteiger partial charge on any atom is 0.355 e. The van der Waals surface area contributed by atoms with E-state index in [9.17, 15) is 9.59 Å². The van der Waals surface area contributed by atoms with Gasteiger partial charge >= 0.3 is 5.97 Å². The lowest BCUT2D eigenvalue weighted by molar-refractivity contribution is 0.0460. The molecular formula is C20H20N2O4. The molecule has 0 fully saturated rings. The Hall–Kier alpha value is -3.15. The van der Waals surface area contributed by atoms with Crippen molar-refractivity contribution in [2.75, 3.05) is 0 Å². The van der Waals surface area contributed by atoms with Gasteiger partial charge in [0.2, 0.25) is 5.89 Å². The summed E-state index contributed by atoms with van der Waals surface area (Å²) in [7, 11) is 0. The van der Waals surface area contributed by atoms with E-state index in [4.69, 9.17) is 9.15 Å². The van der Waals surface area contributed by atoms with Crippen molar-refractivity contribution in [1.29, 1.82) is 0 Å². The van der Waals surface area contributed by atoms with Gasteiger partial charge < -0.3 is 14.1 Å². The molecular weight excluding hydrogens is 332 g/mol. The lowest BCUT2D eigenvalue weighted by atomic mass is 10.1. The van der Waals surface area contributed by atoms with Gasteiger partial charge in [-0.15, -0.1) is 0 Å². The second-order valence-corrected chi connectivity index (χ2v) is 6.27. The van der Waals surface area contributed by atoms with Gasteiger partial charge in [0, 0.05) is 16.8 Å². The molecule has 0 aliphatic heterocycles. The minimum absolute atomic E-state index is 0.0128. The van der Waals surface area contributed by atoms with Crippen LogP contribution in [0, 0.1) is 20.8 Å². The number of ketones is 1. The number of oxazole rings is 1. The highest BCUT2D eigenvalue weighted by atomic mass is 16.5. The van der Waals surface area contributed by atoms with Gasteiger partial charge in [-0.2, -0.15) is 0 Å². The highest BCUT2D eigenvalue weighted by Gasteiger charge is 2.21. The van der Waals surface area contributed by atoms with Crippen LogP contribution in [0.2, 0.25) is 0 Å². The van der Waals surface area contributed by atoms with Crippen LogP contribution in [-0.4, -0.2) is 21.7 Å². The standard InChI is InChI=1S/C20H20N2O4/c1-11-5-7-15(8-6-11)19-22-16(9-25-19)10-26-20(24)18-12(2)17(14(4)23)13(3)21-18/h5-9,21H,10H2,1-4H3. The van der Waals surface area contributed by atoms with Gasteiger partial charge in [-0.3, -0.25) is 4.79 Å². The Morgan fingerprint density at radius 1 is 1.15 bits per heavy atom. The molecule has 0 saturated heterocycles. The minimum Gasteiger partial charge on any atom is -0.454 e. The summed E-state index contributed by atoms with van der Waals surface area (Å²) < 4.78 is 10.8. The van der Waals surface area contributed by atoms with Gasteiger partial charge in [-0.25, -0.2) is 9.78 Å². The Balaban J connectivity index is 1.70. The number of benzene rings is 1. The number of aryl methyl sites for hydroxylation is 2. The average molecular weight is 352 g/mol. The fourth-order valence-electron chi connectivity index (χ4n) is 2.90. The van der Waals surface area contributed by atoms with E-state index in [1.165, 1.54) is 13.2 Å². The Kier molecular flexibility index (Phi) is 4.75. The predicted octanol–water partition coefficient (Wildman–Crippen LogP) is 4.15. The largest absolute Gasteiger partial charge is 0.454 e. The summed E-state index contributed by atoms with van der Waals surface area (Å²) >= 11 is 0. The second-order valence-electron chi connectivity index (χ2n) is 6.27. The summed E-state index contributed by atoms with van der Waals surface area (Å²) in [5, 5.41) is 0. The molecule has 0 saturated carbocycles. The van der Waals surface area contributed by atoms with Crippen molar-refractivity contribution in [2.45, 2.75) is 34.3 Å². The van der Waals surface area contributed by atoms with E-state index in [0.717, 1.165) is 11.1 Å². The van der Waals surface area contributed by atoms with E-state index >= 15 is 0 Å². The summed E-state index contributed by atoms with van der Waals surface area (Å²) in [6, 6.07) is 7.79. The van der Waals surface area contributed by atoms with Crippen LogP contribution in [0.3, 0.4) is 0 Å². The molecule has 3 rings (SSSR count). The number of H-pyrrole nitrogens is 1. The van der Waals surface area contributed by atoms with Gasteiger partial charge in [-0.1, -0.05) is 17.7 Å².